The SMILES string of the molecule is CC1(C(Cc2ccc3[nH]c(=O)[nH]c3c2)C(=O)O)C[C@H](N2Cc3ccccc3NC2=O)CCN1C(N)=O. The normalized spacial score (nSPS) is 22.7. The molecular formula is C25H28N6O5. The summed E-state index contributed by atoms with van der Waals surface area (Å²) >= 11 is 0. The third kappa shape index (κ3) is 4.06. The maximum absolute atomic E-state index is 13.0. The van der Waals surface area contributed by atoms with Gasteiger partial charge in [-0.3, -0.25) is 4.79 Å². The van der Waals surface area contributed by atoms with Crippen molar-refractivity contribution in [2.24, 2.45) is 11.7 Å². The number of para-hydroxylation sites is 1. The molecule has 36 heavy (non-hydrogen) atoms. The minimum atomic E-state index is -1.15. The maximum Gasteiger partial charge on any atom is 0.323 e. The summed E-state index contributed by atoms with van der Waals surface area (Å²) in [7, 11) is 0. The molecule has 1 saturated heterocycles. The number of piperidine rings is 1. The third-order valence-corrected chi connectivity index (χ3v) is 7.59. The smallest absolute Gasteiger partial charge is 0.323 e. The van der Waals surface area contributed by atoms with Gasteiger partial charge >= 0.3 is 23.7 Å². The number of aromatic amines is 2. The standard InChI is InChI=1S/C25H28N6O5/c1-25(17(21(32)33)10-14-6-7-19-20(11-14)28-23(35)27-19)12-16(8-9-31(25)22(26)34)30-13-15-4-2-3-5-18(15)29-24(30)36/h2-7,11,16-17H,8-10,12-13H2,1H3,(H2,26,34)(H,29,36)(H,32,33)(H2,27,28,35)/t16-,17?,25?/m1/s1. The fourth-order valence-electron chi connectivity index (χ4n) is 5.71. The minimum Gasteiger partial charge on any atom is -0.481 e. The molecule has 0 bridgehead atoms. The number of nitrogens with zero attached hydrogens (tertiary/aromatic N) is 2. The van der Waals surface area contributed by atoms with Crippen LogP contribution in [-0.4, -0.2) is 61.0 Å². The molecule has 1 aromatic heterocycles. The minimum absolute atomic E-state index is 0.112. The van der Waals surface area contributed by atoms with Crippen LogP contribution in [0.15, 0.2) is 47.3 Å². The number of aromatic nitrogens is 2. The van der Waals surface area contributed by atoms with Crippen molar-refractivity contribution in [3.63, 3.8) is 0 Å². The molecule has 2 aliphatic heterocycles. The summed E-state index contributed by atoms with van der Waals surface area (Å²) in [5.74, 6) is -2.07. The van der Waals surface area contributed by atoms with E-state index in [4.69, 9.17) is 5.73 Å². The van der Waals surface area contributed by atoms with Crippen LogP contribution in [0, 0.1) is 5.92 Å². The molecule has 0 aliphatic carbocycles. The summed E-state index contributed by atoms with van der Waals surface area (Å²) in [5.41, 5.74) is 7.85. The molecule has 2 aliphatic rings. The van der Waals surface area contributed by atoms with Crippen LogP contribution in [0.25, 0.3) is 11.0 Å². The van der Waals surface area contributed by atoms with Gasteiger partial charge in [0.15, 0.2) is 0 Å². The molecule has 3 heterocycles. The van der Waals surface area contributed by atoms with Gasteiger partial charge in [0.25, 0.3) is 0 Å². The Bertz CT molecular complexity index is 1410. The van der Waals surface area contributed by atoms with Crippen molar-refractivity contribution in [3.05, 3.63) is 64.1 Å². The molecule has 188 valence electrons. The van der Waals surface area contributed by atoms with Gasteiger partial charge in [-0.1, -0.05) is 24.3 Å². The molecule has 2 unspecified atom stereocenters. The van der Waals surface area contributed by atoms with Crippen molar-refractivity contribution in [2.45, 2.75) is 44.3 Å². The van der Waals surface area contributed by atoms with Crippen LogP contribution < -0.4 is 16.7 Å². The van der Waals surface area contributed by atoms with Gasteiger partial charge in [0, 0.05) is 24.8 Å². The number of nitrogens with two attached hydrogens (primary N) is 1. The molecule has 1 fully saturated rings. The summed E-state index contributed by atoms with van der Waals surface area (Å²) in [6.07, 6.45) is 0.850. The molecule has 0 radical (unpaired) electrons. The quantitative estimate of drug-likeness (QED) is 0.369. The van der Waals surface area contributed by atoms with E-state index >= 15 is 0 Å². The summed E-state index contributed by atoms with van der Waals surface area (Å²) in [6.45, 7) is 2.36. The number of imidazole rings is 1. The van der Waals surface area contributed by atoms with Gasteiger partial charge in [-0.25, -0.2) is 14.4 Å². The second-order valence-electron chi connectivity index (χ2n) is 9.76. The lowest BCUT2D eigenvalue weighted by Crippen LogP contribution is -2.65. The Morgan fingerprint density at radius 1 is 1.17 bits per heavy atom. The summed E-state index contributed by atoms with van der Waals surface area (Å²) < 4.78 is 0. The summed E-state index contributed by atoms with van der Waals surface area (Å²) in [4.78, 5) is 58.2. The van der Waals surface area contributed by atoms with Crippen molar-refractivity contribution in [1.29, 1.82) is 0 Å². The zero-order valence-electron chi connectivity index (χ0n) is 19.8. The number of carboxylic acids is 1. The highest BCUT2D eigenvalue weighted by Crippen LogP contribution is 2.40. The van der Waals surface area contributed by atoms with Crippen LogP contribution in [0.3, 0.4) is 0 Å². The van der Waals surface area contributed by atoms with E-state index in [0.717, 1.165) is 11.3 Å². The second kappa shape index (κ2) is 8.74. The number of carbonyl (C=O) groups excluding carboxylic acids is 2. The lowest BCUT2D eigenvalue weighted by atomic mass is 9.72. The number of aliphatic carboxylic acids is 1. The first-order valence-corrected chi connectivity index (χ1v) is 11.8. The van der Waals surface area contributed by atoms with Crippen molar-refractivity contribution >= 4 is 34.8 Å². The third-order valence-electron chi connectivity index (χ3n) is 7.59. The molecule has 0 saturated carbocycles. The van der Waals surface area contributed by atoms with Crippen molar-refractivity contribution in [2.75, 3.05) is 11.9 Å². The number of carboxylic acid groups (broad SMARTS) is 1. The summed E-state index contributed by atoms with van der Waals surface area (Å²) in [6, 6.07) is 11.5. The number of hydrogen-bond acceptors (Lipinski definition) is 4. The van der Waals surface area contributed by atoms with E-state index in [0.29, 0.717) is 29.6 Å². The first-order valence-electron chi connectivity index (χ1n) is 11.8. The Morgan fingerprint density at radius 2 is 1.92 bits per heavy atom. The highest BCUT2D eigenvalue weighted by atomic mass is 16.4. The topological polar surface area (TPSA) is 165 Å². The lowest BCUT2D eigenvalue weighted by molar-refractivity contribution is -0.148. The number of benzene rings is 2. The van der Waals surface area contributed by atoms with Crippen LogP contribution in [-0.2, 0) is 17.8 Å². The predicted molar refractivity (Wildman–Crippen MR) is 132 cm³/mol. The van der Waals surface area contributed by atoms with Gasteiger partial charge in [-0.15, -0.1) is 0 Å². The van der Waals surface area contributed by atoms with Gasteiger partial charge < -0.3 is 35.9 Å². The molecule has 3 aromatic rings. The number of amides is 4. The number of fused-ring (bicyclic) bond motifs is 2. The largest absolute Gasteiger partial charge is 0.481 e. The highest BCUT2D eigenvalue weighted by molar-refractivity contribution is 5.92. The van der Waals surface area contributed by atoms with Crippen molar-refractivity contribution < 1.29 is 19.5 Å². The van der Waals surface area contributed by atoms with E-state index in [9.17, 15) is 24.3 Å². The average Bonchev–Trinajstić information content (AvgIpc) is 3.20. The first-order chi connectivity index (χ1) is 17.2. The highest BCUT2D eigenvalue weighted by Gasteiger charge is 2.51. The van der Waals surface area contributed by atoms with Gasteiger partial charge in [0.2, 0.25) is 0 Å². The lowest BCUT2D eigenvalue weighted by Gasteiger charge is -2.52. The molecule has 6 N–H and O–H groups in total. The zero-order chi connectivity index (χ0) is 25.6. The number of nitrogens with one attached hydrogen (secondary N) is 3. The Hall–Kier alpha value is -4.28. The van der Waals surface area contributed by atoms with Gasteiger partial charge in [-0.05, 0) is 55.5 Å². The molecule has 11 nitrogen and oxygen atoms in total. The predicted octanol–water partition coefficient (Wildman–Crippen LogP) is 2.45. The first kappa shape index (κ1) is 23.5. The van der Waals surface area contributed by atoms with Gasteiger partial charge in [-0.2, -0.15) is 0 Å². The number of likely N-dealkylation sites (tertiary alicyclic amines) is 1. The molecule has 3 atom stereocenters. The van der Waals surface area contributed by atoms with E-state index in [1.54, 1.807) is 30.0 Å². The Labute approximate surface area is 206 Å². The van der Waals surface area contributed by atoms with Crippen LogP contribution in [0.4, 0.5) is 15.3 Å². The maximum atomic E-state index is 13.0. The number of anilines is 1. The van der Waals surface area contributed by atoms with Gasteiger partial charge in [0.05, 0.1) is 22.5 Å². The van der Waals surface area contributed by atoms with E-state index in [1.807, 2.05) is 24.3 Å². The van der Waals surface area contributed by atoms with Crippen molar-refractivity contribution in [3.8, 4) is 0 Å². The number of urea groups is 2. The van der Waals surface area contributed by atoms with E-state index in [2.05, 4.69) is 15.3 Å². The monoisotopic (exact) mass is 492 g/mol. The molecule has 2 aromatic carbocycles. The number of H-pyrrole nitrogens is 2. The zero-order valence-corrected chi connectivity index (χ0v) is 19.8. The van der Waals surface area contributed by atoms with E-state index < -0.39 is 23.5 Å². The van der Waals surface area contributed by atoms with Crippen LogP contribution in [0.2, 0.25) is 0 Å². The number of primary amides is 1. The van der Waals surface area contributed by atoms with Crippen molar-refractivity contribution in [1.82, 2.24) is 19.8 Å². The summed E-state index contributed by atoms with van der Waals surface area (Å²) in [5, 5.41) is 13.2. The van der Waals surface area contributed by atoms with E-state index in [1.165, 1.54) is 4.90 Å². The van der Waals surface area contributed by atoms with Crippen LogP contribution in [0.1, 0.15) is 30.9 Å². The fraction of sp³-hybridized carbons (Fsp3) is 0.360. The van der Waals surface area contributed by atoms with Crippen LogP contribution in [0.5, 0.6) is 0 Å². The average molecular weight is 493 g/mol. The Morgan fingerprint density at radius 3 is 2.67 bits per heavy atom. The molecule has 4 amide bonds. The number of rotatable bonds is 5. The number of hydrogen-bond donors (Lipinski definition) is 5. The second-order valence-corrected chi connectivity index (χ2v) is 9.76. The Kier molecular flexibility index (Phi) is 5.70. The molecule has 5 rings (SSSR count). The molecular weight excluding hydrogens is 464 g/mol. The van der Waals surface area contributed by atoms with Gasteiger partial charge in [0.1, 0.15) is 0 Å². The van der Waals surface area contributed by atoms with E-state index in [-0.39, 0.29) is 37.1 Å². The molecule has 0 spiro atoms. The Balaban J connectivity index is 1.46. The van der Waals surface area contributed by atoms with Crippen LogP contribution >= 0.6 is 0 Å². The number of carbonyl (C=O) groups is 3. The fourth-order valence-corrected chi connectivity index (χ4v) is 5.71. The molecule has 11 heteroatoms.